The van der Waals surface area contributed by atoms with Crippen LogP contribution < -0.4 is 10.1 Å². The fourth-order valence-electron chi connectivity index (χ4n) is 3.02. The van der Waals surface area contributed by atoms with Crippen molar-refractivity contribution >= 4 is 12.0 Å². The molecule has 1 fully saturated rings. The third kappa shape index (κ3) is 7.03. The van der Waals surface area contributed by atoms with Gasteiger partial charge in [0.15, 0.2) is 0 Å². The standard InChI is InChI=1S/C21H33N3O4/c1-5-27-18-10-7-6-9-17(18)19(25)22-11-8-12-23-13-15-24(16-14-23)20(26)28-21(2,3)4/h6-7,9-10H,5,8,11-16H2,1-4H3,(H,22,25). The normalized spacial score (nSPS) is 15.2. The van der Waals surface area contributed by atoms with E-state index in [1.54, 1.807) is 11.0 Å². The number of hydrogen-bond donors (Lipinski definition) is 1. The number of piperazine rings is 1. The van der Waals surface area contributed by atoms with E-state index >= 15 is 0 Å². The Kier molecular flexibility index (Phi) is 8.11. The maximum absolute atomic E-state index is 12.4. The van der Waals surface area contributed by atoms with Crippen molar-refractivity contribution in [3.05, 3.63) is 29.8 Å². The molecule has 0 radical (unpaired) electrons. The number of nitrogens with zero attached hydrogens (tertiary/aromatic N) is 2. The quantitative estimate of drug-likeness (QED) is 0.724. The minimum atomic E-state index is -0.465. The van der Waals surface area contributed by atoms with Crippen molar-refractivity contribution in [3.63, 3.8) is 0 Å². The van der Waals surface area contributed by atoms with Crippen molar-refractivity contribution in [1.82, 2.24) is 15.1 Å². The molecule has 0 saturated carbocycles. The summed E-state index contributed by atoms with van der Waals surface area (Å²) >= 11 is 0. The Morgan fingerprint density at radius 1 is 1.11 bits per heavy atom. The van der Waals surface area contributed by atoms with E-state index in [4.69, 9.17) is 9.47 Å². The first-order valence-corrected chi connectivity index (χ1v) is 10.0. The molecule has 1 aromatic carbocycles. The van der Waals surface area contributed by atoms with Crippen molar-refractivity contribution in [3.8, 4) is 5.75 Å². The number of carbonyl (C=O) groups is 2. The molecule has 1 saturated heterocycles. The Hall–Kier alpha value is -2.28. The summed E-state index contributed by atoms with van der Waals surface area (Å²) in [5.41, 5.74) is 0.100. The predicted molar refractivity (Wildman–Crippen MR) is 109 cm³/mol. The second kappa shape index (κ2) is 10.3. The van der Waals surface area contributed by atoms with Crippen LogP contribution in [0.5, 0.6) is 5.75 Å². The minimum Gasteiger partial charge on any atom is -0.493 e. The third-order valence-electron chi connectivity index (χ3n) is 4.39. The first kappa shape index (κ1) is 22.0. The van der Waals surface area contributed by atoms with Gasteiger partial charge in [0.1, 0.15) is 11.4 Å². The van der Waals surface area contributed by atoms with Gasteiger partial charge < -0.3 is 19.7 Å². The summed E-state index contributed by atoms with van der Waals surface area (Å²) in [6.07, 6.45) is 0.613. The lowest BCUT2D eigenvalue weighted by atomic mass is 10.2. The molecule has 0 atom stereocenters. The zero-order valence-corrected chi connectivity index (χ0v) is 17.5. The molecule has 7 nitrogen and oxygen atoms in total. The maximum atomic E-state index is 12.4. The van der Waals surface area contributed by atoms with E-state index in [0.29, 0.717) is 37.6 Å². The van der Waals surface area contributed by atoms with Gasteiger partial charge in [-0.15, -0.1) is 0 Å². The summed E-state index contributed by atoms with van der Waals surface area (Å²) in [6.45, 7) is 12.5. The van der Waals surface area contributed by atoms with Crippen LogP contribution in [-0.2, 0) is 4.74 Å². The number of rotatable bonds is 7. The van der Waals surface area contributed by atoms with Gasteiger partial charge in [-0.25, -0.2) is 4.79 Å². The number of para-hydroxylation sites is 1. The van der Waals surface area contributed by atoms with Crippen LogP contribution in [-0.4, -0.2) is 73.3 Å². The summed E-state index contributed by atoms with van der Waals surface area (Å²) in [5, 5.41) is 2.96. The minimum absolute atomic E-state index is 0.112. The van der Waals surface area contributed by atoms with Crippen molar-refractivity contribution in [2.24, 2.45) is 0 Å². The molecule has 0 aliphatic carbocycles. The highest BCUT2D eigenvalue weighted by Crippen LogP contribution is 2.17. The number of ether oxygens (including phenoxy) is 2. The van der Waals surface area contributed by atoms with Crippen LogP contribution in [0.25, 0.3) is 0 Å². The summed E-state index contributed by atoms with van der Waals surface area (Å²) in [7, 11) is 0. The second-order valence-electron chi connectivity index (χ2n) is 7.85. The largest absolute Gasteiger partial charge is 0.493 e. The van der Waals surface area contributed by atoms with E-state index in [1.165, 1.54) is 0 Å². The zero-order chi connectivity index (χ0) is 20.6. The average molecular weight is 392 g/mol. The fourth-order valence-corrected chi connectivity index (χ4v) is 3.02. The van der Waals surface area contributed by atoms with E-state index in [-0.39, 0.29) is 12.0 Å². The Bertz CT molecular complexity index is 649. The molecule has 0 aromatic heterocycles. The van der Waals surface area contributed by atoms with Crippen molar-refractivity contribution in [1.29, 1.82) is 0 Å². The lowest BCUT2D eigenvalue weighted by molar-refractivity contribution is 0.0144. The smallest absolute Gasteiger partial charge is 0.410 e. The molecule has 2 rings (SSSR count). The highest BCUT2D eigenvalue weighted by atomic mass is 16.6. The Morgan fingerprint density at radius 3 is 2.43 bits per heavy atom. The molecule has 28 heavy (non-hydrogen) atoms. The first-order valence-electron chi connectivity index (χ1n) is 10.0. The van der Waals surface area contributed by atoms with Gasteiger partial charge in [-0.2, -0.15) is 0 Å². The summed E-state index contributed by atoms with van der Waals surface area (Å²) in [4.78, 5) is 28.5. The predicted octanol–water partition coefficient (Wildman–Crippen LogP) is 2.76. The SMILES string of the molecule is CCOc1ccccc1C(=O)NCCCN1CCN(C(=O)OC(C)(C)C)CC1. The maximum Gasteiger partial charge on any atom is 0.410 e. The van der Waals surface area contributed by atoms with E-state index < -0.39 is 5.60 Å². The molecule has 0 unspecified atom stereocenters. The number of amides is 2. The van der Waals surface area contributed by atoms with Crippen molar-refractivity contribution < 1.29 is 19.1 Å². The van der Waals surface area contributed by atoms with E-state index in [9.17, 15) is 9.59 Å². The number of carbonyl (C=O) groups excluding carboxylic acids is 2. The molecule has 1 N–H and O–H groups in total. The monoisotopic (exact) mass is 391 g/mol. The van der Waals surface area contributed by atoms with Crippen LogP contribution in [0.2, 0.25) is 0 Å². The summed E-state index contributed by atoms with van der Waals surface area (Å²) < 4.78 is 10.9. The molecule has 156 valence electrons. The molecule has 0 bridgehead atoms. The van der Waals surface area contributed by atoms with Crippen LogP contribution >= 0.6 is 0 Å². The third-order valence-corrected chi connectivity index (χ3v) is 4.39. The molecule has 0 spiro atoms. The van der Waals surface area contributed by atoms with Gasteiger partial charge in [0.05, 0.1) is 12.2 Å². The van der Waals surface area contributed by atoms with Crippen LogP contribution in [0, 0.1) is 0 Å². The average Bonchev–Trinajstić information content (AvgIpc) is 2.65. The Balaban J connectivity index is 1.67. The zero-order valence-electron chi connectivity index (χ0n) is 17.5. The van der Waals surface area contributed by atoms with Gasteiger partial charge in [-0.1, -0.05) is 12.1 Å². The molecular formula is C21H33N3O4. The van der Waals surface area contributed by atoms with Crippen LogP contribution in [0.15, 0.2) is 24.3 Å². The van der Waals surface area contributed by atoms with Crippen LogP contribution in [0.1, 0.15) is 44.5 Å². The summed E-state index contributed by atoms with van der Waals surface area (Å²) in [6, 6.07) is 7.28. The van der Waals surface area contributed by atoms with E-state index in [1.807, 2.05) is 45.9 Å². The van der Waals surface area contributed by atoms with Gasteiger partial charge in [-0.05, 0) is 52.8 Å². The number of hydrogen-bond acceptors (Lipinski definition) is 5. The molecule has 2 amide bonds. The molecule has 1 aromatic rings. The van der Waals surface area contributed by atoms with Gasteiger partial charge in [0.25, 0.3) is 5.91 Å². The highest BCUT2D eigenvalue weighted by molar-refractivity contribution is 5.96. The van der Waals surface area contributed by atoms with Gasteiger partial charge in [0, 0.05) is 32.7 Å². The molecule has 7 heteroatoms. The molecule has 1 aliphatic rings. The summed E-state index contributed by atoms with van der Waals surface area (Å²) in [5.74, 6) is 0.500. The number of benzene rings is 1. The molecule has 1 heterocycles. The number of nitrogens with one attached hydrogen (secondary N) is 1. The van der Waals surface area contributed by atoms with Crippen molar-refractivity contribution in [2.45, 2.75) is 39.7 Å². The first-order chi connectivity index (χ1) is 13.3. The topological polar surface area (TPSA) is 71.1 Å². The Labute approximate surface area is 168 Å². The van der Waals surface area contributed by atoms with Crippen LogP contribution in [0.4, 0.5) is 4.79 Å². The van der Waals surface area contributed by atoms with Crippen molar-refractivity contribution in [2.75, 3.05) is 45.9 Å². The van der Waals surface area contributed by atoms with Crippen LogP contribution in [0.3, 0.4) is 0 Å². The van der Waals surface area contributed by atoms with Gasteiger partial charge >= 0.3 is 6.09 Å². The highest BCUT2D eigenvalue weighted by Gasteiger charge is 2.25. The second-order valence-corrected chi connectivity index (χ2v) is 7.85. The lowest BCUT2D eigenvalue weighted by Crippen LogP contribution is -2.50. The fraction of sp³-hybridized carbons (Fsp3) is 0.619. The van der Waals surface area contributed by atoms with E-state index in [0.717, 1.165) is 26.1 Å². The molecular weight excluding hydrogens is 358 g/mol. The lowest BCUT2D eigenvalue weighted by Gasteiger charge is -2.35. The Morgan fingerprint density at radius 2 is 1.79 bits per heavy atom. The molecule has 1 aliphatic heterocycles. The van der Waals surface area contributed by atoms with E-state index in [2.05, 4.69) is 10.2 Å². The van der Waals surface area contributed by atoms with Gasteiger partial charge in [-0.3, -0.25) is 9.69 Å². The van der Waals surface area contributed by atoms with Gasteiger partial charge in [0.2, 0.25) is 0 Å².